The summed E-state index contributed by atoms with van der Waals surface area (Å²) in [6.45, 7) is 7.38. The molecular weight excluding hydrogens is 599 g/mol. The Bertz CT molecular complexity index is 1460. The van der Waals surface area contributed by atoms with Crippen molar-refractivity contribution >= 4 is 46.7 Å². The predicted octanol–water partition coefficient (Wildman–Crippen LogP) is 5.45. The summed E-state index contributed by atoms with van der Waals surface area (Å²) in [4.78, 5) is 63.0. The molecule has 5 rings (SSSR count). The van der Waals surface area contributed by atoms with Crippen LogP contribution in [0.15, 0.2) is 24.3 Å². The Balaban J connectivity index is 1.32. The molecule has 236 valence electrons. The van der Waals surface area contributed by atoms with Gasteiger partial charge in [-0.3, -0.25) is 18.9 Å². The Morgan fingerprint density at radius 3 is 2.40 bits per heavy atom. The molecule has 0 radical (unpaired) electrons. The van der Waals surface area contributed by atoms with Crippen LogP contribution < -0.4 is 5.32 Å². The van der Waals surface area contributed by atoms with Gasteiger partial charge in [-0.25, -0.2) is 0 Å². The average Bonchev–Trinajstić information content (AvgIpc) is 3.68. The number of carbonyl (C=O) groups excluding carboxylic acids is 3. The van der Waals surface area contributed by atoms with Crippen LogP contribution in [0.3, 0.4) is 0 Å². The van der Waals surface area contributed by atoms with E-state index in [9.17, 15) is 27.7 Å². The maximum absolute atomic E-state index is 14.3. The summed E-state index contributed by atoms with van der Waals surface area (Å²) in [5.74, 6) is -0.911. The third kappa shape index (κ3) is 6.26. The summed E-state index contributed by atoms with van der Waals surface area (Å²) in [7, 11) is -5.75. The smallest absolute Gasteiger partial charge is 0.340 e. The molecule has 2 unspecified atom stereocenters. The van der Waals surface area contributed by atoms with E-state index in [1.807, 2.05) is 25.7 Å². The van der Waals surface area contributed by atoms with Gasteiger partial charge in [0.15, 0.2) is 0 Å². The molecule has 2 aromatic rings. The van der Waals surface area contributed by atoms with E-state index in [0.29, 0.717) is 30.6 Å². The number of nitrogens with zero attached hydrogens (tertiary/aromatic N) is 2. The van der Waals surface area contributed by atoms with E-state index in [2.05, 4.69) is 5.32 Å². The van der Waals surface area contributed by atoms with Crippen LogP contribution in [-0.2, 0) is 19.8 Å². The van der Waals surface area contributed by atoms with Gasteiger partial charge >= 0.3 is 13.3 Å². The zero-order valence-electron chi connectivity index (χ0n) is 24.8. The number of alkyl halides is 2. The molecule has 3 amide bonds. The van der Waals surface area contributed by atoms with Gasteiger partial charge in [-0.05, 0) is 66.5 Å². The highest BCUT2D eigenvalue weighted by Gasteiger charge is 2.50. The fourth-order valence-corrected chi connectivity index (χ4v) is 8.28. The molecule has 0 bridgehead atoms. The molecule has 2 saturated heterocycles. The van der Waals surface area contributed by atoms with Crippen molar-refractivity contribution in [3.63, 3.8) is 0 Å². The lowest BCUT2D eigenvalue weighted by atomic mass is 9.73. The van der Waals surface area contributed by atoms with Crippen molar-refractivity contribution in [1.82, 2.24) is 15.1 Å². The van der Waals surface area contributed by atoms with Crippen LogP contribution in [0.4, 0.5) is 8.78 Å². The Morgan fingerprint density at radius 1 is 1.05 bits per heavy atom. The first-order valence-corrected chi connectivity index (χ1v) is 17.3. The number of carbonyl (C=O) groups is 3. The number of likely N-dealkylation sites (tertiary alicyclic amines) is 2. The van der Waals surface area contributed by atoms with Crippen LogP contribution in [0.5, 0.6) is 0 Å². The number of benzene rings is 1. The highest BCUT2D eigenvalue weighted by Crippen LogP contribution is 2.59. The largest absolute Gasteiger partial charge is 0.399 e. The summed E-state index contributed by atoms with van der Waals surface area (Å²) in [5.41, 5.74) is -5.71. The summed E-state index contributed by atoms with van der Waals surface area (Å²) >= 11 is 1.02. The van der Waals surface area contributed by atoms with Gasteiger partial charge in [0.25, 0.3) is 5.91 Å². The third-order valence-electron chi connectivity index (χ3n) is 9.33. The van der Waals surface area contributed by atoms with Crippen molar-refractivity contribution < 1.29 is 37.5 Å². The van der Waals surface area contributed by atoms with Gasteiger partial charge in [0.2, 0.25) is 11.8 Å². The minimum Gasteiger partial charge on any atom is -0.340 e. The lowest BCUT2D eigenvalue weighted by Crippen LogP contribution is -2.57. The first-order chi connectivity index (χ1) is 20.0. The van der Waals surface area contributed by atoms with Gasteiger partial charge in [0.1, 0.15) is 12.1 Å². The fourth-order valence-electron chi connectivity index (χ4n) is 6.86. The van der Waals surface area contributed by atoms with Crippen LogP contribution in [-0.4, -0.2) is 69.0 Å². The second-order valence-corrected chi connectivity index (χ2v) is 16.2. The van der Waals surface area contributed by atoms with Crippen molar-refractivity contribution in [2.75, 3.05) is 19.6 Å². The highest BCUT2D eigenvalue weighted by molar-refractivity contribution is 7.52. The molecule has 3 N–H and O–H groups in total. The van der Waals surface area contributed by atoms with E-state index in [1.54, 1.807) is 4.90 Å². The van der Waals surface area contributed by atoms with E-state index < -0.39 is 42.2 Å². The van der Waals surface area contributed by atoms with Crippen LogP contribution in [0.25, 0.3) is 10.1 Å². The predicted molar refractivity (Wildman–Crippen MR) is 160 cm³/mol. The van der Waals surface area contributed by atoms with Gasteiger partial charge in [-0.15, -0.1) is 11.3 Å². The number of amides is 3. The standard InChI is InChI=1S/C30H40F2N3O6PS/c1-28(2,3)24(33-25(36)23-17-19-16-20(9-10-22(19)43-23)30(31,32)42(39,40)41)27(38)35-14-7-8-21(35)26(37)34-15-13-29(18-34)11-5-4-6-12-29/h9-10,16-17,21,24H,4-8,11-15,18H2,1-3H3,(H,33,36)(H2,39,40,41). The van der Waals surface area contributed by atoms with Crippen molar-refractivity contribution in [3.05, 3.63) is 34.7 Å². The van der Waals surface area contributed by atoms with Crippen molar-refractivity contribution in [2.24, 2.45) is 10.8 Å². The minimum absolute atomic E-state index is 0.0142. The number of fused-ring (bicyclic) bond motifs is 1. The zero-order chi connectivity index (χ0) is 31.4. The quantitative estimate of drug-likeness (QED) is 0.361. The van der Waals surface area contributed by atoms with Gasteiger partial charge in [0, 0.05) is 29.9 Å². The monoisotopic (exact) mass is 639 g/mol. The Morgan fingerprint density at radius 2 is 1.74 bits per heavy atom. The molecule has 1 aliphatic carbocycles. The maximum atomic E-state index is 14.3. The average molecular weight is 640 g/mol. The molecule has 43 heavy (non-hydrogen) atoms. The number of rotatable bonds is 6. The Labute approximate surface area is 254 Å². The molecule has 3 aliphatic rings. The van der Waals surface area contributed by atoms with Gasteiger partial charge in [0.05, 0.1) is 4.88 Å². The molecule has 2 atom stereocenters. The second-order valence-electron chi connectivity index (χ2n) is 13.5. The molecule has 2 aliphatic heterocycles. The van der Waals surface area contributed by atoms with Gasteiger partial charge in [-0.1, -0.05) is 46.1 Å². The van der Waals surface area contributed by atoms with Crippen LogP contribution >= 0.6 is 18.9 Å². The van der Waals surface area contributed by atoms with E-state index in [1.165, 1.54) is 31.4 Å². The van der Waals surface area contributed by atoms with E-state index >= 15 is 0 Å². The topological polar surface area (TPSA) is 127 Å². The molecule has 1 aromatic carbocycles. The Kier molecular flexibility index (Phi) is 8.57. The second kappa shape index (κ2) is 11.5. The van der Waals surface area contributed by atoms with Crippen molar-refractivity contribution in [1.29, 1.82) is 0 Å². The SMILES string of the molecule is CC(C)(C)C(NC(=O)c1cc2cc(C(F)(F)P(=O)(O)O)ccc2s1)C(=O)N1CCCC1C(=O)N1CCC2(CCCCC2)C1. The van der Waals surface area contributed by atoms with Crippen LogP contribution in [0.2, 0.25) is 0 Å². The summed E-state index contributed by atoms with van der Waals surface area (Å²) in [6, 6.07) is 3.04. The lowest BCUT2D eigenvalue weighted by molar-refractivity contribution is -0.146. The number of hydrogen-bond acceptors (Lipinski definition) is 5. The van der Waals surface area contributed by atoms with Crippen molar-refractivity contribution in [3.8, 4) is 0 Å². The fraction of sp³-hybridized carbons (Fsp3) is 0.633. The lowest BCUT2D eigenvalue weighted by Gasteiger charge is -2.37. The van der Waals surface area contributed by atoms with Gasteiger partial charge in [-0.2, -0.15) is 8.78 Å². The van der Waals surface area contributed by atoms with E-state index in [0.717, 1.165) is 49.3 Å². The normalized spacial score (nSPS) is 21.9. The molecule has 9 nitrogen and oxygen atoms in total. The molecule has 3 fully saturated rings. The summed E-state index contributed by atoms with van der Waals surface area (Å²) in [5, 5.41) is 3.07. The molecular formula is C30H40F2N3O6PS. The first-order valence-electron chi connectivity index (χ1n) is 14.9. The minimum atomic E-state index is -5.75. The molecule has 1 aromatic heterocycles. The summed E-state index contributed by atoms with van der Waals surface area (Å²) in [6.07, 6.45) is 8.22. The zero-order valence-corrected chi connectivity index (χ0v) is 26.5. The summed E-state index contributed by atoms with van der Waals surface area (Å²) < 4.78 is 40.3. The highest BCUT2D eigenvalue weighted by atomic mass is 32.1. The Hall–Kier alpha value is -2.40. The number of nitrogens with one attached hydrogen (secondary N) is 1. The van der Waals surface area contributed by atoms with E-state index in [-0.39, 0.29) is 27.5 Å². The van der Waals surface area contributed by atoms with Gasteiger partial charge < -0.3 is 24.9 Å². The van der Waals surface area contributed by atoms with E-state index in [4.69, 9.17) is 9.79 Å². The molecule has 13 heteroatoms. The first kappa shape index (κ1) is 32.0. The molecule has 1 saturated carbocycles. The maximum Gasteiger partial charge on any atom is 0.399 e. The number of halogens is 2. The molecule has 1 spiro atoms. The number of hydrogen-bond donors (Lipinski definition) is 3. The molecule has 3 heterocycles. The van der Waals surface area contributed by atoms with Crippen LogP contribution in [0.1, 0.15) is 87.4 Å². The third-order valence-corrected chi connectivity index (χ3v) is 11.4. The van der Waals surface area contributed by atoms with Crippen LogP contribution in [0, 0.1) is 10.8 Å². The van der Waals surface area contributed by atoms with Crippen molar-refractivity contribution in [2.45, 2.75) is 89.9 Å². The number of thiophene rings is 1.